The van der Waals surface area contributed by atoms with E-state index in [1.807, 2.05) is 56.3 Å². The van der Waals surface area contributed by atoms with Gasteiger partial charge in [-0.15, -0.1) is 0 Å². The number of benzene rings is 2. The Morgan fingerprint density at radius 2 is 1.06 bits per heavy atom. The quantitative estimate of drug-likeness (QED) is 0.175. The van der Waals surface area contributed by atoms with E-state index in [9.17, 15) is 0 Å². The minimum absolute atomic E-state index is 0.405. The maximum Gasteiger partial charge on any atom is 0.191 e. The molecular formula is C27H31N7S2. The number of nitrogens with one attached hydrogen (secondary N) is 4. The van der Waals surface area contributed by atoms with Crippen molar-refractivity contribution in [1.82, 2.24) is 15.8 Å². The molecule has 0 aliphatic rings. The molecule has 186 valence electrons. The first kappa shape index (κ1) is 26.9. The van der Waals surface area contributed by atoms with Gasteiger partial charge in [0.05, 0.1) is 22.8 Å². The molecule has 0 unspecified atom stereocenters. The first-order valence-corrected chi connectivity index (χ1v) is 12.6. The molecule has 3 rings (SSSR count). The average molecular weight is 518 g/mol. The normalized spacial score (nSPS) is 11.6. The van der Waals surface area contributed by atoms with Gasteiger partial charge in [0.1, 0.15) is 0 Å². The highest BCUT2D eigenvalue weighted by molar-refractivity contribution is 7.80. The molecule has 0 saturated carbocycles. The molecule has 0 bridgehead atoms. The monoisotopic (exact) mass is 517 g/mol. The summed E-state index contributed by atoms with van der Waals surface area (Å²) in [6, 6.07) is 21.9. The molecule has 0 amide bonds. The highest BCUT2D eigenvalue weighted by atomic mass is 32.1. The van der Waals surface area contributed by atoms with Gasteiger partial charge in [-0.25, -0.2) is 4.98 Å². The van der Waals surface area contributed by atoms with E-state index < -0.39 is 0 Å². The summed E-state index contributed by atoms with van der Waals surface area (Å²) in [5, 5.41) is 15.8. The van der Waals surface area contributed by atoms with Gasteiger partial charge in [0.25, 0.3) is 0 Å². The number of aryl methyl sites for hydroxylation is 2. The second kappa shape index (κ2) is 13.4. The highest BCUT2D eigenvalue weighted by Crippen LogP contribution is 2.11. The summed E-state index contributed by atoms with van der Waals surface area (Å²) in [5.74, 6) is 0. The third kappa shape index (κ3) is 8.21. The summed E-state index contributed by atoms with van der Waals surface area (Å²) in [6.45, 7) is 7.98. The molecule has 0 saturated heterocycles. The molecule has 1 heterocycles. The third-order valence-corrected chi connectivity index (χ3v) is 5.77. The predicted molar refractivity (Wildman–Crippen MR) is 159 cm³/mol. The Balaban J connectivity index is 1.57. The van der Waals surface area contributed by atoms with E-state index in [1.54, 1.807) is 0 Å². The van der Waals surface area contributed by atoms with Crippen molar-refractivity contribution in [1.29, 1.82) is 0 Å². The zero-order chi connectivity index (χ0) is 25.9. The molecule has 9 heteroatoms. The molecule has 0 aliphatic heterocycles. The van der Waals surface area contributed by atoms with Crippen LogP contribution in [0.2, 0.25) is 0 Å². The number of pyridine rings is 1. The average Bonchev–Trinajstić information content (AvgIpc) is 2.91. The van der Waals surface area contributed by atoms with E-state index in [4.69, 9.17) is 24.4 Å². The lowest BCUT2D eigenvalue weighted by Gasteiger charge is -2.10. The van der Waals surface area contributed by atoms with Crippen LogP contribution in [0.4, 0.5) is 11.4 Å². The second-order valence-electron chi connectivity index (χ2n) is 8.04. The molecule has 0 fully saturated rings. The molecule has 0 spiro atoms. The molecule has 3 aromatic rings. The van der Waals surface area contributed by atoms with E-state index in [-0.39, 0.29) is 0 Å². The van der Waals surface area contributed by atoms with Gasteiger partial charge < -0.3 is 10.6 Å². The fraction of sp³-hybridized carbons (Fsp3) is 0.222. The fourth-order valence-corrected chi connectivity index (χ4v) is 3.51. The molecule has 4 N–H and O–H groups in total. The topological polar surface area (TPSA) is 85.7 Å². The lowest BCUT2D eigenvalue weighted by molar-refractivity contribution is 1.02. The van der Waals surface area contributed by atoms with Crippen molar-refractivity contribution in [2.75, 3.05) is 10.6 Å². The van der Waals surface area contributed by atoms with Gasteiger partial charge in [-0.1, -0.05) is 44.2 Å². The van der Waals surface area contributed by atoms with Crippen LogP contribution < -0.4 is 21.5 Å². The summed E-state index contributed by atoms with van der Waals surface area (Å²) in [5.41, 5.74) is 12.9. The van der Waals surface area contributed by atoms with E-state index in [0.29, 0.717) is 33.0 Å². The highest BCUT2D eigenvalue weighted by Gasteiger charge is 2.06. The Morgan fingerprint density at radius 3 is 1.42 bits per heavy atom. The number of hydrazone groups is 2. The second-order valence-corrected chi connectivity index (χ2v) is 8.85. The molecule has 1 aromatic heterocycles. The van der Waals surface area contributed by atoms with E-state index in [1.165, 1.54) is 11.1 Å². The summed E-state index contributed by atoms with van der Waals surface area (Å²) >= 11 is 10.7. The first-order chi connectivity index (χ1) is 17.4. The summed E-state index contributed by atoms with van der Waals surface area (Å²) in [4.78, 5) is 4.67. The Labute approximate surface area is 223 Å². The van der Waals surface area contributed by atoms with E-state index in [0.717, 1.165) is 24.2 Å². The summed E-state index contributed by atoms with van der Waals surface area (Å²) < 4.78 is 0. The lowest BCUT2D eigenvalue weighted by Crippen LogP contribution is -2.25. The van der Waals surface area contributed by atoms with Crippen LogP contribution >= 0.6 is 24.4 Å². The number of thiocarbonyl (C=S) groups is 2. The molecule has 0 aliphatic carbocycles. The van der Waals surface area contributed by atoms with Gasteiger partial charge in [0, 0.05) is 11.4 Å². The number of hydrogen-bond acceptors (Lipinski definition) is 5. The van der Waals surface area contributed by atoms with Crippen LogP contribution in [-0.2, 0) is 12.8 Å². The maximum absolute atomic E-state index is 5.36. The van der Waals surface area contributed by atoms with Gasteiger partial charge in [-0.05, 0) is 98.6 Å². The predicted octanol–water partition coefficient (Wildman–Crippen LogP) is 5.63. The SMILES string of the molecule is CCc1ccc(NC(=S)NN=C(C)c2cccc(C(C)=NNC(=S)Nc3ccc(CC)cc3)n2)cc1. The van der Waals surface area contributed by atoms with Gasteiger partial charge in [-0.3, -0.25) is 10.9 Å². The Kier molecular flexibility index (Phi) is 10.0. The smallest absolute Gasteiger partial charge is 0.191 e. The Hall–Kier alpha value is -3.69. The van der Waals surface area contributed by atoms with Crippen LogP contribution in [0.5, 0.6) is 0 Å². The fourth-order valence-electron chi connectivity index (χ4n) is 3.19. The van der Waals surface area contributed by atoms with E-state index in [2.05, 4.69) is 74.8 Å². The van der Waals surface area contributed by atoms with Crippen molar-refractivity contribution in [2.45, 2.75) is 40.5 Å². The first-order valence-electron chi connectivity index (χ1n) is 11.8. The largest absolute Gasteiger partial charge is 0.331 e. The van der Waals surface area contributed by atoms with Crippen molar-refractivity contribution in [3.63, 3.8) is 0 Å². The van der Waals surface area contributed by atoms with Crippen molar-refractivity contribution >= 4 is 57.5 Å². The molecular weight excluding hydrogens is 486 g/mol. The maximum atomic E-state index is 5.36. The van der Waals surface area contributed by atoms with Crippen LogP contribution in [0.3, 0.4) is 0 Å². The van der Waals surface area contributed by atoms with Crippen molar-refractivity contribution in [3.05, 3.63) is 89.2 Å². The molecule has 0 atom stereocenters. The van der Waals surface area contributed by atoms with Crippen LogP contribution in [-0.4, -0.2) is 26.6 Å². The molecule has 36 heavy (non-hydrogen) atoms. The number of anilines is 2. The Morgan fingerprint density at radius 1 is 0.667 bits per heavy atom. The summed E-state index contributed by atoms with van der Waals surface area (Å²) in [7, 11) is 0. The molecule has 2 aromatic carbocycles. The number of hydrogen-bond donors (Lipinski definition) is 4. The number of nitrogens with zero attached hydrogens (tertiary/aromatic N) is 3. The minimum Gasteiger partial charge on any atom is -0.331 e. The number of rotatable bonds is 8. The van der Waals surface area contributed by atoms with Crippen LogP contribution in [0.1, 0.15) is 50.2 Å². The van der Waals surface area contributed by atoms with Crippen LogP contribution in [0.25, 0.3) is 0 Å². The molecule has 7 nitrogen and oxygen atoms in total. The zero-order valence-corrected chi connectivity index (χ0v) is 22.6. The Bertz CT molecular complexity index is 1160. The van der Waals surface area contributed by atoms with Crippen molar-refractivity contribution in [2.24, 2.45) is 10.2 Å². The van der Waals surface area contributed by atoms with Gasteiger partial charge in [-0.2, -0.15) is 10.2 Å². The third-order valence-electron chi connectivity index (χ3n) is 5.38. The van der Waals surface area contributed by atoms with Gasteiger partial charge in [0.2, 0.25) is 0 Å². The summed E-state index contributed by atoms with van der Waals surface area (Å²) in [6.07, 6.45) is 1.99. The minimum atomic E-state index is 0.405. The van der Waals surface area contributed by atoms with Crippen LogP contribution in [0.15, 0.2) is 76.9 Å². The van der Waals surface area contributed by atoms with Gasteiger partial charge >= 0.3 is 0 Å². The van der Waals surface area contributed by atoms with E-state index >= 15 is 0 Å². The van der Waals surface area contributed by atoms with Gasteiger partial charge in [0.15, 0.2) is 10.2 Å². The van der Waals surface area contributed by atoms with Crippen molar-refractivity contribution < 1.29 is 0 Å². The standard InChI is InChI=1S/C27H31N7S2/c1-5-20-10-14-22(15-11-20)28-26(35)33-31-18(3)24-8-7-9-25(30-24)19(4)32-34-27(36)29-23-16-12-21(6-2)13-17-23/h7-17H,5-6H2,1-4H3,(H2,28,33,35)(H2,29,34,36). The zero-order valence-electron chi connectivity index (χ0n) is 20.9. The number of aromatic nitrogens is 1. The molecule has 0 radical (unpaired) electrons. The van der Waals surface area contributed by atoms with Crippen molar-refractivity contribution in [3.8, 4) is 0 Å². The lowest BCUT2D eigenvalue weighted by atomic mass is 10.1. The van der Waals surface area contributed by atoms with Crippen LogP contribution in [0, 0.1) is 0 Å².